The van der Waals surface area contributed by atoms with Gasteiger partial charge in [-0.1, -0.05) is 5.21 Å². The number of hydrogen-bond donors (Lipinski definition) is 0. The van der Waals surface area contributed by atoms with E-state index in [0.29, 0.717) is 5.92 Å². The Morgan fingerprint density at radius 3 is 3.16 bits per heavy atom. The van der Waals surface area contributed by atoms with E-state index in [4.69, 9.17) is 9.47 Å². The van der Waals surface area contributed by atoms with E-state index in [1.165, 1.54) is 6.42 Å². The molecule has 0 aliphatic carbocycles. The average molecular weight is 326 g/mol. The maximum absolute atomic E-state index is 5.52. The topological polar surface area (TPSA) is 49.2 Å². The van der Waals surface area contributed by atoms with Crippen LogP contribution >= 0.6 is 15.9 Å². The highest BCUT2D eigenvalue weighted by molar-refractivity contribution is 9.10. The van der Waals surface area contributed by atoms with E-state index in [1.54, 1.807) is 7.11 Å². The largest absolute Gasteiger partial charge is 0.494 e. The minimum absolute atomic E-state index is 0.511. The molecule has 2 heterocycles. The first kappa shape index (κ1) is 12.9. The Morgan fingerprint density at radius 1 is 1.53 bits per heavy atom. The smallest absolute Gasteiger partial charge is 0.156 e. The van der Waals surface area contributed by atoms with Crippen LogP contribution in [-0.4, -0.2) is 35.3 Å². The second kappa shape index (κ2) is 5.46. The van der Waals surface area contributed by atoms with Gasteiger partial charge in [0, 0.05) is 23.5 Å². The van der Waals surface area contributed by atoms with Crippen molar-refractivity contribution < 1.29 is 9.47 Å². The van der Waals surface area contributed by atoms with Gasteiger partial charge in [0.15, 0.2) is 5.52 Å². The molecule has 6 heteroatoms. The van der Waals surface area contributed by atoms with E-state index in [9.17, 15) is 0 Å². The lowest BCUT2D eigenvalue weighted by Crippen LogP contribution is -2.22. The van der Waals surface area contributed by atoms with Crippen molar-refractivity contribution in [3.63, 3.8) is 0 Å². The normalized spacial score (nSPS) is 19.8. The first-order chi connectivity index (χ1) is 9.29. The second-order valence-corrected chi connectivity index (χ2v) is 5.66. The lowest BCUT2D eigenvalue weighted by Gasteiger charge is -2.21. The molecule has 0 bridgehead atoms. The van der Waals surface area contributed by atoms with Gasteiger partial charge in [0.25, 0.3) is 0 Å². The fourth-order valence-electron chi connectivity index (χ4n) is 2.51. The van der Waals surface area contributed by atoms with Crippen molar-refractivity contribution in [3.05, 3.63) is 16.6 Å². The molecule has 1 unspecified atom stereocenters. The molecule has 2 aromatic rings. The maximum Gasteiger partial charge on any atom is 0.156 e. The van der Waals surface area contributed by atoms with Crippen LogP contribution in [0.2, 0.25) is 0 Å². The third kappa shape index (κ3) is 2.47. The molecule has 1 aromatic carbocycles. The number of nitrogens with zero attached hydrogens (tertiary/aromatic N) is 3. The first-order valence-corrected chi connectivity index (χ1v) is 7.22. The van der Waals surface area contributed by atoms with Gasteiger partial charge in [-0.25, -0.2) is 4.68 Å². The van der Waals surface area contributed by atoms with Crippen LogP contribution in [0, 0.1) is 5.92 Å². The van der Waals surface area contributed by atoms with E-state index in [1.807, 2.05) is 16.8 Å². The van der Waals surface area contributed by atoms with Gasteiger partial charge in [-0.2, -0.15) is 0 Å². The molecular weight excluding hydrogens is 310 g/mol. The highest BCUT2D eigenvalue weighted by atomic mass is 79.9. The molecule has 102 valence electrons. The number of aromatic nitrogens is 3. The Bertz CT molecular complexity index is 579. The van der Waals surface area contributed by atoms with Crippen LogP contribution in [0.3, 0.4) is 0 Å². The SMILES string of the molecule is COc1ccc(Br)c2c1nnn2CC1CCCOC1. The van der Waals surface area contributed by atoms with Crippen LogP contribution in [0.4, 0.5) is 0 Å². The Morgan fingerprint density at radius 2 is 2.42 bits per heavy atom. The zero-order valence-corrected chi connectivity index (χ0v) is 12.4. The summed E-state index contributed by atoms with van der Waals surface area (Å²) in [4.78, 5) is 0. The van der Waals surface area contributed by atoms with Crippen LogP contribution in [-0.2, 0) is 11.3 Å². The van der Waals surface area contributed by atoms with Crippen molar-refractivity contribution in [2.24, 2.45) is 5.92 Å². The number of hydrogen-bond acceptors (Lipinski definition) is 4. The molecule has 1 fully saturated rings. The van der Waals surface area contributed by atoms with Gasteiger partial charge in [-0.05, 0) is 40.9 Å². The maximum atomic E-state index is 5.52. The second-order valence-electron chi connectivity index (χ2n) is 4.80. The molecule has 0 amide bonds. The number of halogens is 1. The molecule has 1 atom stereocenters. The molecule has 19 heavy (non-hydrogen) atoms. The summed E-state index contributed by atoms with van der Waals surface area (Å²) in [6, 6.07) is 3.87. The number of rotatable bonds is 3. The summed E-state index contributed by atoms with van der Waals surface area (Å²) >= 11 is 3.57. The van der Waals surface area contributed by atoms with Gasteiger partial charge in [0.1, 0.15) is 11.3 Å². The highest BCUT2D eigenvalue weighted by Gasteiger charge is 2.19. The predicted molar refractivity (Wildman–Crippen MR) is 75.3 cm³/mol. The molecule has 1 aromatic heterocycles. The van der Waals surface area contributed by atoms with Crippen LogP contribution in [0.5, 0.6) is 5.75 Å². The van der Waals surface area contributed by atoms with Crippen LogP contribution in [0.1, 0.15) is 12.8 Å². The molecule has 1 saturated heterocycles. The zero-order chi connectivity index (χ0) is 13.2. The average Bonchev–Trinajstić information content (AvgIpc) is 2.85. The van der Waals surface area contributed by atoms with E-state index in [-0.39, 0.29) is 0 Å². The predicted octanol–water partition coefficient (Wildman–Crippen LogP) is 2.63. The third-order valence-corrected chi connectivity index (χ3v) is 4.12. The lowest BCUT2D eigenvalue weighted by atomic mass is 10.0. The van der Waals surface area contributed by atoms with Gasteiger partial charge >= 0.3 is 0 Å². The van der Waals surface area contributed by atoms with Gasteiger partial charge < -0.3 is 9.47 Å². The van der Waals surface area contributed by atoms with Crippen LogP contribution in [0.15, 0.2) is 16.6 Å². The summed E-state index contributed by atoms with van der Waals surface area (Å²) in [5.74, 6) is 1.26. The van der Waals surface area contributed by atoms with Gasteiger partial charge in [-0.15, -0.1) is 5.10 Å². The molecule has 0 N–H and O–H groups in total. The standard InChI is InChI=1S/C13H16BrN3O2/c1-18-11-5-4-10(14)13-12(11)15-16-17(13)7-9-3-2-6-19-8-9/h4-5,9H,2-3,6-8H2,1H3. The molecule has 3 rings (SSSR count). The molecule has 0 spiro atoms. The minimum atomic E-state index is 0.511. The Kier molecular flexibility index (Phi) is 3.70. The molecular formula is C13H16BrN3O2. The van der Waals surface area contributed by atoms with E-state index >= 15 is 0 Å². The summed E-state index contributed by atoms with van der Waals surface area (Å²) in [7, 11) is 1.65. The van der Waals surface area contributed by atoms with Crippen molar-refractivity contribution in [2.75, 3.05) is 20.3 Å². The van der Waals surface area contributed by atoms with Crippen molar-refractivity contribution in [2.45, 2.75) is 19.4 Å². The summed E-state index contributed by atoms with van der Waals surface area (Å²) < 4.78 is 13.8. The Labute approximate surface area is 120 Å². The molecule has 5 nitrogen and oxygen atoms in total. The Balaban J connectivity index is 1.95. The number of methoxy groups -OCH3 is 1. The summed E-state index contributed by atoms with van der Waals surface area (Å²) in [6.45, 7) is 2.53. The van der Waals surface area contributed by atoms with Gasteiger partial charge in [0.2, 0.25) is 0 Å². The van der Waals surface area contributed by atoms with Crippen molar-refractivity contribution in [1.82, 2.24) is 15.0 Å². The van der Waals surface area contributed by atoms with Crippen molar-refractivity contribution in [1.29, 1.82) is 0 Å². The summed E-state index contributed by atoms with van der Waals surface area (Å²) in [5.41, 5.74) is 1.79. The Hall–Kier alpha value is -1.14. The van der Waals surface area contributed by atoms with E-state index in [2.05, 4.69) is 26.2 Å². The molecule has 1 aliphatic rings. The van der Waals surface area contributed by atoms with Crippen molar-refractivity contribution in [3.8, 4) is 5.75 Å². The number of ether oxygens (including phenoxy) is 2. The van der Waals surface area contributed by atoms with E-state index < -0.39 is 0 Å². The number of benzene rings is 1. The highest BCUT2D eigenvalue weighted by Crippen LogP contribution is 2.30. The molecule has 1 aliphatic heterocycles. The third-order valence-electron chi connectivity index (χ3n) is 3.48. The molecule has 0 radical (unpaired) electrons. The quantitative estimate of drug-likeness (QED) is 0.870. The van der Waals surface area contributed by atoms with Gasteiger partial charge in [-0.3, -0.25) is 0 Å². The fraction of sp³-hybridized carbons (Fsp3) is 0.538. The summed E-state index contributed by atoms with van der Waals surface area (Å²) in [6.07, 6.45) is 2.31. The van der Waals surface area contributed by atoms with E-state index in [0.717, 1.165) is 47.4 Å². The minimum Gasteiger partial charge on any atom is -0.494 e. The van der Waals surface area contributed by atoms with Crippen LogP contribution < -0.4 is 4.74 Å². The summed E-state index contributed by atoms with van der Waals surface area (Å²) in [5, 5.41) is 8.49. The van der Waals surface area contributed by atoms with Crippen molar-refractivity contribution >= 4 is 27.0 Å². The fourth-order valence-corrected chi connectivity index (χ4v) is 3.04. The monoisotopic (exact) mass is 325 g/mol. The first-order valence-electron chi connectivity index (χ1n) is 6.43. The van der Waals surface area contributed by atoms with Gasteiger partial charge in [0.05, 0.1) is 13.7 Å². The zero-order valence-electron chi connectivity index (χ0n) is 10.8. The molecule has 0 saturated carbocycles. The van der Waals surface area contributed by atoms with Crippen LogP contribution in [0.25, 0.3) is 11.0 Å². The number of fused-ring (bicyclic) bond motifs is 1. The lowest BCUT2D eigenvalue weighted by molar-refractivity contribution is 0.0473.